The molecule has 0 saturated carbocycles. The maximum atomic E-state index is 12.7. The van der Waals surface area contributed by atoms with Crippen molar-refractivity contribution in [2.45, 2.75) is 13.0 Å². The van der Waals surface area contributed by atoms with Gasteiger partial charge in [-0.2, -0.15) is 0 Å². The van der Waals surface area contributed by atoms with Gasteiger partial charge in [-0.3, -0.25) is 9.78 Å². The molecule has 0 spiro atoms. The molecule has 132 valence electrons. The fraction of sp³-hybridized carbons (Fsp3) is 0.263. The van der Waals surface area contributed by atoms with E-state index in [4.69, 9.17) is 11.6 Å². The molecule has 0 unspecified atom stereocenters. The van der Waals surface area contributed by atoms with Crippen LogP contribution in [0.3, 0.4) is 0 Å². The van der Waals surface area contributed by atoms with Crippen LogP contribution in [0, 0.1) is 0 Å². The Kier molecular flexibility index (Phi) is 4.42. The normalized spacial score (nSPS) is 17.5. The molecule has 0 bridgehead atoms. The van der Waals surface area contributed by atoms with E-state index in [0.717, 1.165) is 11.2 Å². The molecule has 4 rings (SSSR count). The number of halogens is 1. The number of carbonyl (C=O) groups is 1. The zero-order chi connectivity index (χ0) is 18.1. The molecule has 2 aromatic heterocycles. The van der Waals surface area contributed by atoms with Crippen molar-refractivity contribution in [2.24, 2.45) is 0 Å². The van der Waals surface area contributed by atoms with Crippen LogP contribution in [0.1, 0.15) is 17.3 Å². The van der Waals surface area contributed by atoms with Gasteiger partial charge < -0.3 is 9.80 Å². The van der Waals surface area contributed by atoms with Crippen molar-refractivity contribution in [3.63, 3.8) is 0 Å². The number of aromatic nitrogens is 3. The van der Waals surface area contributed by atoms with E-state index < -0.39 is 0 Å². The largest absolute Gasteiger partial charge is 0.348 e. The molecule has 3 heterocycles. The molecule has 1 aromatic carbocycles. The summed E-state index contributed by atoms with van der Waals surface area (Å²) in [7, 11) is 0. The Morgan fingerprint density at radius 3 is 2.69 bits per heavy atom. The molecule has 0 aliphatic carbocycles. The van der Waals surface area contributed by atoms with Crippen molar-refractivity contribution >= 4 is 34.2 Å². The van der Waals surface area contributed by atoms with Crippen LogP contribution in [0.25, 0.3) is 10.9 Å². The number of hydrogen-bond acceptors (Lipinski definition) is 5. The van der Waals surface area contributed by atoms with E-state index in [0.29, 0.717) is 35.9 Å². The number of piperazine rings is 1. The third kappa shape index (κ3) is 2.97. The van der Waals surface area contributed by atoms with Crippen LogP contribution in [0.15, 0.2) is 48.7 Å². The summed E-state index contributed by atoms with van der Waals surface area (Å²) in [6, 6.07) is 13.3. The summed E-state index contributed by atoms with van der Waals surface area (Å²) in [6.45, 7) is 4.02. The number of amides is 1. The molecule has 1 atom stereocenters. The third-order valence-electron chi connectivity index (χ3n) is 4.68. The molecule has 0 N–H and O–H groups in total. The first-order chi connectivity index (χ1) is 12.6. The molecule has 1 saturated heterocycles. The first-order valence-corrected chi connectivity index (χ1v) is 8.91. The summed E-state index contributed by atoms with van der Waals surface area (Å²) in [6.07, 6.45) is 1.69. The van der Waals surface area contributed by atoms with Crippen molar-refractivity contribution in [1.29, 1.82) is 0 Å². The van der Waals surface area contributed by atoms with Gasteiger partial charge in [0.05, 0.1) is 0 Å². The number of rotatable bonds is 2. The number of hydrogen-bond donors (Lipinski definition) is 0. The van der Waals surface area contributed by atoms with E-state index in [9.17, 15) is 4.79 Å². The van der Waals surface area contributed by atoms with E-state index >= 15 is 0 Å². The summed E-state index contributed by atoms with van der Waals surface area (Å²) >= 11 is 6.13. The Balaban J connectivity index is 1.59. The number of anilines is 1. The Morgan fingerprint density at radius 1 is 1.12 bits per heavy atom. The third-order valence-corrected chi connectivity index (χ3v) is 4.94. The van der Waals surface area contributed by atoms with Crippen molar-refractivity contribution in [3.8, 4) is 0 Å². The lowest BCUT2D eigenvalue weighted by atomic mass is 10.1. The van der Waals surface area contributed by atoms with Crippen LogP contribution in [-0.2, 0) is 0 Å². The van der Waals surface area contributed by atoms with Crippen LogP contribution < -0.4 is 4.90 Å². The van der Waals surface area contributed by atoms with E-state index in [1.807, 2.05) is 47.4 Å². The molecular weight excluding hydrogens is 350 g/mol. The van der Waals surface area contributed by atoms with Gasteiger partial charge in [0.2, 0.25) is 0 Å². The second-order valence-corrected chi connectivity index (χ2v) is 6.73. The van der Waals surface area contributed by atoms with E-state index in [1.165, 1.54) is 0 Å². The maximum absolute atomic E-state index is 12.7. The van der Waals surface area contributed by atoms with Gasteiger partial charge in [0, 0.05) is 42.8 Å². The quantitative estimate of drug-likeness (QED) is 0.696. The van der Waals surface area contributed by atoms with E-state index in [2.05, 4.69) is 27.0 Å². The van der Waals surface area contributed by atoms with Crippen molar-refractivity contribution in [2.75, 3.05) is 24.5 Å². The fourth-order valence-electron chi connectivity index (χ4n) is 3.37. The number of fused-ring (bicyclic) bond motifs is 1. The Bertz CT molecular complexity index is 949. The average Bonchev–Trinajstić information content (AvgIpc) is 2.69. The zero-order valence-electron chi connectivity index (χ0n) is 14.3. The number of carbonyl (C=O) groups excluding carboxylic acids is 1. The summed E-state index contributed by atoms with van der Waals surface area (Å²) < 4.78 is 0. The standard InChI is InChI=1S/C19H18ClN5O/c1-13-12-24(19(26)14-6-3-2-4-7-14)10-11-25(13)18-15-8-5-9-21-16(15)17(20)22-23-18/h2-9,13H,10-12H2,1H3/t13-/m1/s1. The molecular formula is C19H18ClN5O. The van der Waals surface area contributed by atoms with Crippen molar-refractivity contribution in [1.82, 2.24) is 20.1 Å². The van der Waals surface area contributed by atoms with E-state index in [1.54, 1.807) is 6.20 Å². The minimum Gasteiger partial charge on any atom is -0.348 e. The molecule has 6 nitrogen and oxygen atoms in total. The predicted octanol–water partition coefficient (Wildman–Crippen LogP) is 3.03. The summed E-state index contributed by atoms with van der Waals surface area (Å²) in [5, 5.41) is 9.54. The van der Waals surface area contributed by atoms with Crippen LogP contribution in [0.4, 0.5) is 5.82 Å². The van der Waals surface area contributed by atoms with Gasteiger partial charge in [0.25, 0.3) is 5.91 Å². The van der Waals surface area contributed by atoms with Crippen LogP contribution in [0.5, 0.6) is 0 Å². The van der Waals surface area contributed by atoms with Gasteiger partial charge in [-0.25, -0.2) is 0 Å². The second kappa shape index (κ2) is 6.88. The zero-order valence-corrected chi connectivity index (χ0v) is 15.1. The predicted molar refractivity (Wildman–Crippen MR) is 101 cm³/mol. The molecule has 0 radical (unpaired) electrons. The van der Waals surface area contributed by atoms with Crippen LogP contribution in [0.2, 0.25) is 5.15 Å². The van der Waals surface area contributed by atoms with Gasteiger partial charge in [-0.15, -0.1) is 10.2 Å². The lowest BCUT2D eigenvalue weighted by molar-refractivity contribution is 0.0726. The number of nitrogens with zero attached hydrogens (tertiary/aromatic N) is 5. The van der Waals surface area contributed by atoms with Gasteiger partial charge >= 0.3 is 0 Å². The van der Waals surface area contributed by atoms with Crippen LogP contribution >= 0.6 is 11.6 Å². The molecule has 1 amide bonds. The average molecular weight is 368 g/mol. The van der Waals surface area contributed by atoms with Crippen LogP contribution in [-0.4, -0.2) is 51.7 Å². The topological polar surface area (TPSA) is 62.2 Å². The lowest BCUT2D eigenvalue weighted by Crippen LogP contribution is -2.54. The van der Waals surface area contributed by atoms with Gasteiger partial charge in [0.1, 0.15) is 5.52 Å². The highest BCUT2D eigenvalue weighted by atomic mass is 35.5. The molecule has 3 aromatic rings. The highest BCUT2D eigenvalue weighted by Crippen LogP contribution is 2.29. The minimum atomic E-state index is 0.0609. The maximum Gasteiger partial charge on any atom is 0.253 e. The summed E-state index contributed by atoms with van der Waals surface area (Å²) in [5.41, 5.74) is 1.36. The highest BCUT2D eigenvalue weighted by Gasteiger charge is 2.29. The molecule has 1 aliphatic heterocycles. The Morgan fingerprint density at radius 2 is 1.92 bits per heavy atom. The minimum absolute atomic E-state index is 0.0609. The number of pyridine rings is 1. The monoisotopic (exact) mass is 367 g/mol. The van der Waals surface area contributed by atoms with Gasteiger partial charge in [-0.1, -0.05) is 29.8 Å². The molecule has 26 heavy (non-hydrogen) atoms. The Hall–Kier alpha value is -2.73. The first-order valence-electron chi connectivity index (χ1n) is 8.53. The molecule has 7 heteroatoms. The van der Waals surface area contributed by atoms with Crippen molar-refractivity contribution in [3.05, 3.63) is 59.4 Å². The fourth-order valence-corrected chi connectivity index (χ4v) is 3.56. The number of benzene rings is 1. The smallest absolute Gasteiger partial charge is 0.253 e. The van der Waals surface area contributed by atoms with Gasteiger partial charge in [0.15, 0.2) is 11.0 Å². The van der Waals surface area contributed by atoms with E-state index in [-0.39, 0.29) is 11.9 Å². The second-order valence-electron chi connectivity index (χ2n) is 6.37. The lowest BCUT2D eigenvalue weighted by Gasteiger charge is -2.40. The van der Waals surface area contributed by atoms with Gasteiger partial charge in [-0.05, 0) is 31.2 Å². The molecule has 1 fully saturated rings. The summed E-state index contributed by atoms with van der Waals surface area (Å²) in [4.78, 5) is 21.1. The SMILES string of the molecule is C[C@@H]1CN(C(=O)c2ccccc2)CCN1c1nnc(Cl)c2ncccc12. The van der Waals surface area contributed by atoms with Crippen molar-refractivity contribution < 1.29 is 4.79 Å². The summed E-state index contributed by atoms with van der Waals surface area (Å²) in [5.74, 6) is 0.822. The Labute approximate surface area is 156 Å². The molecule has 1 aliphatic rings. The first kappa shape index (κ1) is 16.7. The highest BCUT2D eigenvalue weighted by molar-refractivity contribution is 6.34.